The van der Waals surface area contributed by atoms with Gasteiger partial charge in [0.05, 0.1) is 23.1 Å². The highest BCUT2D eigenvalue weighted by Gasteiger charge is 2.20. The number of nitrogens with one attached hydrogen (secondary N) is 1. The summed E-state index contributed by atoms with van der Waals surface area (Å²) in [5.41, 5.74) is 0.721. The number of carboxylic acid groups (broad SMARTS) is 1. The van der Waals surface area contributed by atoms with Crippen LogP contribution in [0.2, 0.25) is 0 Å². The van der Waals surface area contributed by atoms with Gasteiger partial charge in [0.15, 0.2) is 0 Å². The first-order chi connectivity index (χ1) is 9.50. The fourth-order valence-corrected chi connectivity index (χ4v) is 2.31. The van der Waals surface area contributed by atoms with Gasteiger partial charge in [-0.1, -0.05) is 18.3 Å². The summed E-state index contributed by atoms with van der Waals surface area (Å²) in [5.74, 6) is -1.50. The highest BCUT2D eigenvalue weighted by Crippen LogP contribution is 2.22. The van der Waals surface area contributed by atoms with Crippen molar-refractivity contribution in [2.45, 2.75) is 19.8 Å². The van der Waals surface area contributed by atoms with E-state index in [0.717, 1.165) is 11.5 Å². The standard InChI is InChI=1S/C12H12N4O3S/c1-6(2)9-10(20-16-15-9)11(17)14-8-5-13-4-3-7(8)12(18)19/h3-6H,1-2H3,(H,14,17)(H,18,19). The lowest BCUT2D eigenvalue weighted by molar-refractivity contribution is 0.0698. The first-order valence-electron chi connectivity index (χ1n) is 5.81. The maximum Gasteiger partial charge on any atom is 0.337 e. The normalized spacial score (nSPS) is 10.6. The van der Waals surface area contributed by atoms with Gasteiger partial charge < -0.3 is 10.4 Å². The number of pyridine rings is 1. The minimum atomic E-state index is -1.13. The van der Waals surface area contributed by atoms with Crippen LogP contribution in [0.25, 0.3) is 0 Å². The van der Waals surface area contributed by atoms with E-state index in [1.807, 2.05) is 13.8 Å². The Morgan fingerprint density at radius 2 is 2.15 bits per heavy atom. The summed E-state index contributed by atoms with van der Waals surface area (Å²) in [6.07, 6.45) is 2.65. The first kappa shape index (κ1) is 14.1. The Kier molecular flexibility index (Phi) is 4.04. The number of carbonyl (C=O) groups is 2. The van der Waals surface area contributed by atoms with Crippen LogP contribution in [0.15, 0.2) is 18.5 Å². The molecule has 7 nitrogen and oxygen atoms in total. The monoisotopic (exact) mass is 292 g/mol. The second kappa shape index (κ2) is 5.74. The van der Waals surface area contributed by atoms with E-state index < -0.39 is 11.9 Å². The molecule has 0 radical (unpaired) electrons. The molecule has 2 aromatic heterocycles. The van der Waals surface area contributed by atoms with E-state index in [0.29, 0.717) is 10.6 Å². The average molecular weight is 292 g/mol. The van der Waals surface area contributed by atoms with Crippen LogP contribution in [-0.2, 0) is 0 Å². The molecule has 2 rings (SSSR count). The zero-order chi connectivity index (χ0) is 14.7. The number of nitrogens with zero attached hydrogens (tertiary/aromatic N) is 3. The Morgan fingerprint density at radius 3 is 2.80 bits per heavy atom. The zero-order valence-corrected chi connectivity index (χ0v) is 11.6. The van der Waals surface area contributed by atoms with E-state index in [1.165, 1.54) is 18.5 Å². The van der Waals surface area contributed by atoms with Gasteiger partial charge in [-0.3, -0.25) is 9.78 Å². The molecule has 104 valence electrons. The number of aromatic carboxylic acids is 1. The van der Waals surface area contributed by atoms with Gasteiger partial charge in [-0.15, -0.1) is 5.10 Å². The fourth-order valence-electron chi connectivity index (χ4n) is 1.59. The van der Waals surface area contributed by atoms with Gasteiger partial charge in [0.1, 0.15) is 4.88 Å². The zero-order valence-electron chi connectivity index (χ0n) is 10.8. The van der Waals surface area contributed by atoms with Gasteiger partial charge in [-0.2, -0.15) is 0 Å². The molecule has 0 aliphatic rings. The second-order valence-corrected chi connectivity index (χ2v) is 5.08. The highest BCUT2D eigenvalue weighted by molar-refractivity contribution is 7.08. The van der Waals surface area contributed by atoms with Crippen LogP contribution in [0.5, 0.6) is 0 Å². The average Bonchev–Trinajstić information content (AvgIpc) is 2.88. The SMILES string of the molecule is CC(C)c1nnsc1C(=O)Nc1cnccc1C(=O)O. The van der Waals surface area contributed by atoms with Crippen molar-refractivity contribution < 1.29 is 14.7 Å². The predicted octanol–water partition coefficient (Wildman–Crippen LogP) is 2.01. The fraction of sp³-hybridized carbons (Fsp3) is 0.250. The smallest absolute Gasteiger partial charge is 0.337 e. The van der Waals surface area contributed by atoms with Gasteiger partial charge in [-0.05, 0) is 23.5 Å². The molecule has 0 atom stereocenters. The number of carboxylic acids is 1. The Bertz CT molecular complexity index is 654. The first-order valence-corrected chi connectivity index (χ1v) is 6.59. The topological polar surface area (TPSA) is 105 Å². The van der Waals surface area contributed by atoms with E-state index in [2.05, 4.69) is 19.9 Å². The Morgan fingerprint density at radius 1 is 1.40 bits per heavy atom. The van der Waals surface area contributed by atoms with Gasteiger partial charge in [-0.25, -0.2) is 4.79 Å². The van der Waals surface area contributed by atoms with E-state index in [4.69, 9.17) is 5.11 Å². The Balaban J connectivity index is 2.29. The molecule has 0 aromatic carbocycles. The number of amides is 1. The summed E-state index contributed by atoms with van der Waals surface area (Å²) in [6.45, 7) is 3.81. The van der Waals surface area contributed by atoms with Crippen LogP contribution < -0.4 is 5.32 Å². The molecule has 0 aliphatic heterocycles. The van der Waals surface area contributed by atoms with Crippen LogP contribution >= 0.6 is 11.5 Å². The van der Waals surface area contributed by atoms with Crippen molar-refractivity contribution in [2.75, 3.05) is 5.32 Å². The molecular formula is C12H12N4O3S. The van der Waals surface area contributed by atoms with Crippen molar-refractivity contribution in [1.82, 2.24) is 14.6 Å². The number of rotatable bonds is 4. The van der Waals surface area contributed by atoms with Gasteiger partial charge in [0.25, 0.3) is 5.91 Å². The molecule has 0 fully saturated rings. The maximum atomic E-state index is 12.2. The van der Waals surface area contributed by atoms with Crippen molar-refractivity contribution in [1.29, 1.82) is 0 Å². The van der Waals surface area contributed by atoms with Crippen LogP contribution in [-0.4, -0.2) is 31.6 Å². The summed E-state index contributed by atoms with van der Waals surface area (Å²) in [5, 5.41) is 15.5. The highest BCUT2D eigenvalue weighted by atomic mass is 32.1. The molecule has 0 spiro atoms. The molecule has 2 aromatic rings. The van der Waals surface area contributed by atoms with Gasteiger partial charge >= 0.3 is 5.97 Å². The third kappa shape index (κ3) is 2.80. The molecule has 20 heavy (non-hydrogen) atoms. The summed E-state index contributed by atoms with van der Waals surface area (Å²) >= 11 is 0.978. The molecule has 0 aliphatic carbocycles. The summed E-state index contributed by atoms with van der Waals surface area (Å²) in [7, 11) is 0. The van der Waals surface area contributed by atoms with Gasteiger partial charge in [0.2, 0.25) is 0 Å². The van der Waals surface area contributed by atoms with Crippen molar-refractivity contribution in [2.24, 2.45) is 0 Å². The summed E-state index contributed by atoms with van der Waals surface area (Å²) in [6, 6.07) is 1.33. The summed E-state index contributed by atoms with van der Waals surface area (Å²) in [4.78, 5) is 27.4. The lowest BCUT2D eigenvalue weighted by Gasteiger charge is -2.08. The number of anilines is 1. The van der Waals surface area contributed by atoms with Crippen molar-refractivity contribution >= 4 is 29.1 Å². The minimum absolute atomic E-state index is 0.0167. The van der Waals surface area contributed by atoms with Crippen molar-refractivity contribution in [3.8, 4) is 0 Å². The molecule has 2 heterocycles. The molecule has 1 amide bonds. The number of aromatic nitrogens is 3. The van der Waals surface area contributed by atoms with Gasteiger partial charge in [0, 0.05) is 6.20 Å². The van der Waals surface area contributed by atoms with Crippen molar-refractivity contribution in [3.05, 3.63) is 34.6 Å². The summed E-state index contributed by atoms with van der Waals surface area (Å²) < 4.78 is 3.76. The quantitative estimate of drug-likeness (QED) is 0.893. The lowest BCUT2D eigenvalue weighted by Crippen LogP contribution is -2.15. The predicted molar refractivity (Wildman–Crippen MR) is 73.1 cm³/mol. The molecule has 0 saturated carbocycles. The number of carbonyl (C=O) groups excluding carboxylic acids is 1. The van der Waals surface area contributed by atoms with E-state index in [9.17, 15) is 9.59 Å². The second-order valence-electron chi connectivity index (χ2n) is 4.32. The Hall–Kier alpha value is -2.35. The third-order valence-corrected chi connectivity index (χ3v) is 3.31. The van der Waals surface area contributed by atoms with Crippen LogP contribution in [0, 0.1) is 0 Å². The number of hydrogen-bond acceptors (Lipinski definition) is 6. The van der Waals surface area contributed by atoms with E-state index in [-0.39, 0.29) is 17.2 Å². The number of hydrogen-bond donors (Lipinski definition) is 2. The van der Waals surface area contributed by atoms with Crippen LogP contribution in [0.1, 0.15) is 45.5 Å². The third-order valence-electron chi connectivity index (χ3n) is 2.57. The van der Waals surface area contributed by atoms with E-state index in [1.54, 1.807) is 0 Å². The lowest BCUT2D eigenvalue weighted by atomic mass is 10.1. The molecule has 2 N–H and O–H groups in total. The van der Waals surface area contributed by atoms with Crippen LogP contribution in [0.4, 0.5) is 5.69 Å². The van der Waals surface area contributed by atoms with Crippen molar-refractivity contribution in [3.63, 3.8) is 0 Å². The molecule has 0 bridgehead atoms. The van der Waals surface area contributed by atoms with Crippen LogP contribution in [0.3, 0.4) is 0 Å². The molecule has 8 heteroatoms. The minimum Gasteiger partial charge on any atom is -0.478 e. The molecular weight excluding hydrogens is 280 g/mol. The maximum absolute atomic E-state index is 12.2. The largest absolute Gasteiger partial charge is 0.478 e. The molecule has 0 saturated heterocycles. The van der Waals surface area contributed by atoms with E-state index >= 15 is 0 Å². The molecule has 0 unspecified atom stereocenters. The Labute approximate surface area is 118 Å².